The molecule has 3 unspecified atom stereocenters. The number of ether oxygens (including phenoxy) is 1. The molecule has 0 saturated carbocycles. The number of pyridine rings is 1. The van der Waals surface area contributed by atoms with Crippen LogP contribution in [0.3, 0.4) is 0 Å². The maximum absolute atomic E-state index is 13.6. The number of anilines is 1. The number of hydrogen-bond donors (Lipinski definition) is 0. The second kappa shape index (κ2) is 8.96. The van der Waals surface area contributed by atoms with Gasteiger partial charge in [0.05, 0.1) is 22.7 Å². The lowest BCUT2D eigenvalue weighted by atomic mass is 10.1. The summed E-state index contributed by atoms with van der Waals surface area (Å²) in [6, 6.07) is 3.79. The molecule has 0 radical (unpaired) electrons. The maximum atomic E-state index is 13.6. The van der Waals surface area contributed by atoms with Crippen molar-refractivity contribution in [3.8, 4) is 0 Å². The van der Waals surface area contributed by atoms with Crippen LogP contribution in [-0.4, -0.2) is 55.9 Å². The molecule has 3 atom stereocenters. The number of carbonyl (C=O) groups is 1. The number of fused-ring (bicyclic) bond motifs is 1. The normalized spacial score (nSPS) is 24.1. The minimum atomic E-state index is -0.200. The van der Waals surface area contributed by atoms with Crippen molar-refractivity contribution in [1.82, 2.24) is 14.3 Å². The number of thiocarbonyl (C=S) groups is 1. The van der Waals surface area contributed by atoms with E-state index in [0.717, 1.165) is 12.0 Å². The molecule has 0 N–H and O–H groups in total. The first-order valence-corrected chi connectivity index (χ1v) is 12.1. The molecule has 0 aromatic carbocycles. The van der Waals surface area contributed by atoms with Gasteiger partial charge in [0, 0.05) is 25.3 Å². The van der Waals surface area contributed by atoms with E-state index in [9.17, 15) is 9.59 Å². The fourth-order valence-corrected chi connectivity index (χ4v) is 5.58. The van der Waals surface area contributed by atoms with E-state index in [2.05, 4.69) is 4.90 Å². The molecule has 32 heavy (non-hydrogen) atoms. The zero-order valence-electron chi connectivity index (χ0n) is 19.0. The number of thioether (sulfide) groups is 1. The van der Waals surface area contributed by atoms with Crippen LogP contribution in [0, 0.1) is 6.92 Å². The molecular weight excluding hydrogens is 444 g/mol. The number of nitrogens with zero attached hydrogens (tertiary/aromatic N) is 4. The quantitative estimate of drug-likeness (QED) is 0.497. The van der Waals surface area contributed by atoms with Crippen LogP contribution in [0.2, 0.25) is 0 Å². The highest BCUT2D eigenvalue weighted by atomic mass is 32.2. The van der Waals surface area contributed by atoms with Crippen LogP contribution in [-0.2, 0) is 9.53 Å². The number of aryl methyl sites for hydroxylation is 1. The second-order valence-corrected chi connectivity index (χ2v) is 10.2. The van der Waals surface area contributed by atoms with Crippen molar-refractivity contribution >= 4 is 51.7 Å². The van der Waals surface area contributed by atoms with Gasteiger partial charge in [0.1, 0.15) is 15.8 Å². The van der Waals surface area contributed by atoms with E-state index in [0.29, 0.717) is 39.3 Å². The highest BCUT2D eigenvalue weighted by molar-refractivity contribution is 8.26. The summed E-state index contributed by atoms with van der Waals surface area (Å²) in [7, 11) is 0. The van der Waals surface area contributed by atoms with Crippen LogP contribution < -0.4 is 10.5 Å². The largest absolute Gasteiger partial charge is 0.372 e. The number of hydrogen-bond acceptors (Lipinski definition) is 7. The van der Waals surface area contributed by atoms with Crippen LogP contribution >= 0.6 is 24.0 Å². The van der Waals surface area contributed by atoms with E-state index in [1.54, 1.807) is 21.6 Å². The summed E-state index contributed by atoms with van der Waals surface area (Å²) in [5, 5.41) is 0. The molecule has 0 spiro atoms. The van der Waals surface area contributed by atoms with Gasteiger partial charge in [-0.25, -0.2) is 4.98 Å². The molecule has 2 saturated heterocycles. The molecule has 1 amide bonds. The Hall–Kier alpha value is -2.23. The summed E-state index contributed by atoms with van der Waals surface area (Å²) >= 11 is 6.71. The standard InChI is InChI=1S/C23H28N4O3S2/c1-6-14(3)27-22(29)18(32-23(27)31)9-17-20(25-11-15(4)30-16(5)12-25)24-19-8-7-13(2)10-26(19)21(17)28/h7-10,14-16H,6,11-12H2,1-5H3. The van der Waals surface area contributed by atoms with Gasteiger partial charge in [0.15, 0.2) is 0 Å². The number of aromatic nitrogens is 2. The van der Waals surface area contributed by atoms with Gasteiger partial charge in [0.25, 0.3) is 11.5 Å². The van der Waals surface area contributed by atoms with E-state index in [-0.39, 0.29) is 29.7 Å². The van der Waals surface area contributed by atoms with E-state index in [4.69, 9.17) is 21.9 Å². The smallest absolute Gasteiger partial charge is 0.267 e. The van der Waals surface area contributed by atoms with Crippen molar-refractivity contribution in [2.45, 2.75) is 59.3 Å². The lowest BCUT2D eigenvalue weighted by molar-refractivity contribution is -0.123. The SMILES string of the molecule is CCC(C)N1C(=O)C(=Cc2c(N3CC(C)OC(C)C3)nc3ccc(C)cn3c2=O)SC1=S. The summed E-state index contributed by atoms with van der Waals surface area (Å²) in [5.74, 6) is 0.424. The zero-order chi connectivity index (χ0) is 23.2. The van der Waals surface area contributed by atoms with Gasteiger partial charge in [-0.05, 0) is 51.8 Å². The second-order valence-electron chi connectivity index (χ2n) is 8.56. The first kappa shape index (κ1) is 22.9. The van der Waals surface area contributed by atoms with Crippen molar-refractivity contribution in [2.24, 2.45) is 0 Å². The first-order chi connectivity index (χ1) is 15.2. The summed E-state index contributed by atoms with van der Waals surface area (Å²) in [5.41, 5.74) is 1.73. The summed E-state index contributed by atoms with van der Waals surface area (Å²) in [6.45, 7) is 11.2. The molecule has 9 heteroatoms. The summed E-state index contributed by atoms with van der Waals surface area (Å²) in [4.78, 5) is 35.8. The Morgan fingerprint density at radius 3 is 2.62 bits per heavy atom. The minimum absolute atomic E-state index is 0.00675. The van der Waals surface area contributed by atoms with Crippen molar-refractivity contribution in [3.05, 3.63) is 44.7 Å². The highest BCUT2D eigenvalue weighted by Crippen LogP contribution is 2.35. The van der Waals surface area contributed by atoms with Crippen LogP contribution in [0.1, 0.15) is 45.2 Å². The van der Waals surface area contributed by atoms with Gasteiger partial charge in [-0.2, -0.15) is 0 Å². The van der Waals surface area contributed by atoms with Crippen LogP contribution in [0.15, 0.2) is 28.0 Å². The Labute approximate surface area is 197 Å². The predicted octanol–water partition coefficient (Wildman–Crippen LogP) is 3.62. The molecule has 2 aliphatic rings. The highest BCUT2D eigenvalue weighted by Gasteiger charge is 2.35. The number of amides is 1. The molecule has 2 aromatic heterocycles. The molecule has 2 aromatic rings. The van der Waals surface area contributed by atoms with E-state index in [1.165, 1.54) is 11.8 Å². The lowest BCUT2D eigenvalue weighted by Gasteiger charge is -2.36. The maximum Gasteiger partial charge on any atom is 0.267 e. The Bertz CT molecular complexity index is 1170. The molecular formula is C23H28N4O3S2. The van der Waals surface area contributed by atoms with Gasteiger partial charge < -0.3 is 9.64 Å². The number of rotatable bonds is 4. The van der Waals surface area contributed by atoms with Gasteiger partial charge >= 0.3 is 0 Å². The Kier molecular flexibility index (Phi) is 6.42. The minimum Gasteiger partial charge on any atom is -0.372 e. The fourth-order valence-electron chi connectivity index (χ4n) is 4.14. The molecule has 4 rings (SSSR count). The van der Waals surface area contributed by atoms with Crippen molar-refractivity contribution < 1.29 is 9.53 Å². The fraction of sp³-hybridized carbons (Fsp3) is 0.478. The molecule has 4 heterocycles. The van der Waals surface area contributed by atoms with E-state index < -0.39 is 0 Å². The molecule has 7 nitrogen and oxygen atoms in total. The molecule has 170 valence electrons. The predicted molar refractivity (Wildman–Crippen MR) is 133 cm³/mol. The number of carbonyl (C=O) groups excluding carboxylic acids is 1. The van der Waals surface area contributed by atoms with Gasteiger partial charge in [-0.1, -0.05) is 37.0 Å². The summed E-state index contributed by atoms with van der Waals surface area (Å²) in [6.07, 6.45) is 4.27. The molecule has 0 bridgehead atoms. The average molecular weight is 473 g/mol. The van der Waals surface area contributed by atoms with E-state index >= 15 is 0 Å². The van der Waals surface area contributed by atoms with Crippen LogP contribution in [0.5, 0.6) is 0 Å². The monoisotopic (exact) mass is 472 g/mol. The van der Waals surface area contributed by atoms with Crippen molar-refractivity contribution in [2.75, 3.05) is 18.0 Å². The van der Waals surface area contributed by atoms with Gasteiger partial charge in [0.2, 0.25) is 0 Å². The zero-order valence-corrected chi connectivity index (χ0v) is 20.6. The van der Waals surface area contributed by atoms with Crippen molar-refractivity contribution in [3.63, 3.8) is 0 Å². The molecule has 2 aliphatic heterocycles. The van der Waals surface area contributed by atoms with E-state index in [1.807, 2.05) is 46.8 Å². The third kappa shape index (κ3) is 4.21. The van der Waals surface area contributed by atoms with Crippen LogP contribution in [0.4, 0.5) is 5.82 Å². The topological polar surface area (TPSA) is 67.2 Å². The molecule has 2 fully saturated rings. The summed E-state index contributed by atoms with van der Waals surface area (Å²) < 4.78 is 7.95. The first-order valence-electron chi connectivity index (χ1n) is 10.9. The Balaban J connectivity index is 1.88. The third-order valence-corrected chi connectivity index (χ3v) is 7.17. The Morgan fingerprint density at radius 2 is 1.97 bits per heavy atom. The van der Waals surface area contributed by atoms with Crippen LogP contribution in [0.25, 0.3) is 11.7 Å². The third-order valence-electron chi connectivity index (χ3n) is 5.84. The van der Waals surface area contributed by atoms with Gasteiger partial charge in [-0.15, -0.1) is 0 Å². The molecule has 0 aliphatic carbocycles. The Morgan fingerprint density at radius 1 is 1.28 bits per heavy atom. The number of morpholine rings is 1. The van der Waals surface area contributed by atoms with Crippen molar-refractivity contribution in [1.29, 1.82) is 0 Å². The lowest BCUT2D eigenvalue weighted by Crippen LogP contribution is -2.46. The van der Waals surface area contributed by atoms with Gasteiger partial charge in [-0.3, -0.25) is 18.9 Å². The average Bonchev–Trinajstić information content (AvgIpc) is 3.02.